The molecule has 0 radical (unpaired) electrons. The van der Waals surface area contributed by atoms with Crippen LogP contribution in [0.2, 0.25) is 0 Å². The van der Waals surface area contributed by atoms with Crippen LogP contribution in [0.5, 0.6) is 0 Å². The summed E-state index contributed by atoms with van der Waals surface area (Å²) in [6, 6.07) is 59.8. The number of hydrogen-bond acceptors (Lipinski definition) is 3. The highest BCUT2D eigenvalue weighted by Gasteiger charge is 2.24. The average Bonchev–Trinajstić information content (AvgIpc) is 3.73. The van der Waals surface area contributed by atoms with Crippen LogP contribution >= 0.6 is 0 Å². The Balaban J connectivity index is 1.33. The highest BCUT2D eigenvalue weighted by atomic mass is 16.1. The molecule has 0 saturated heterocycles. The number of pyridine rings is 1. The van der Waals surface area contributed by atoms with Gasteiger partial charge in [0, 0.05) is 43.9 Å². The second-order valence-electron chi connectivity index (χ2n) is 13.4. The third-order valence-electron chi connectivity index (χ3n) is 10.4. The summed E-state index contributed by atoms with van der Waals surface area (Å²) in [5.41, 5.74) is 9.15. The van der Waals surface area contributed by atoms with E-state index in [-0.39, 0.29) is 5.56 Å². The molecule has 6 nitrogen and oxygen atoms in total. The standard InChI is InChI=1S/C47H29N5O/c53-46-43-37-28-36-33-22-11-14-26-39(33)52(47-48-38-25-13-10-23-34(38)44(49-47)30-16-4-1-5-17-30)41(36)29-42(37)50(31-18-6-2-7-19-31)45(43)35-24-12-15-27-40(35)51(46)32-20-8-3-9-21-32/h1-29H. The van der Waals surface area contributed by atoms with Crippen molar-refractivity contribution in [2.75, 3.05) is 0 Å². The van der Waals surface area contributed by atoms with E-state index in [1.165, 1.54) is 0 Å². The minimum Gasteiger partial charge on any atom is -0.308 e. The Bertz CT molecular complexity index is 3290. The van der Waals surface area contributed by atoms with E-state index in [0.29, 0.717) is 11.3 Å². The molecule has 6 heteroatoms. The first-order valence-corrected chi connectivity index (χ1v) is 17.7. The zero-order chi connectivity index (χ0) is 35.0. The molecular formula is C47H29N5O. The van der Waals surface area contributed by atoms with E-state index >= 15 is 4.79 Å². The molecule has 53 heavy (non-hydrogen) atoms. The normalized spacial score (nSPS) is 11.8. The highest BCUT2D eigenvalue weighted by molar-refractivity contribution is 6.22. The van der Waals surface area contributed by atoms with Crippen LogP contribution in [0, 0.1) is 0 Å². The fraction of sp³-hybridized carbons (Fsp3) is 0. The number of hydrogen-bond donors (Lipinski definition) is 0. The quantitative estimate of drug-likeness (QED) is 0.186. The van der Waals surface area contributed by atoms with Crippen LogP contribution < -0.4 is 5.56 Å². The van der Waals surface area contributed by atoms with Crippen LogP contribution in [0.3, 0.4) is 0 Å². The van der Waals surface area contributed by atoms with Crippen molar-refractivity contribution in [3.05, 3.63) is 186 Å². The first-order chi connectivity index (χ1) is 26.2. The zero-order valence-corrected chi connectivity index (χ0v) is 28.4. The molecule has 4 aromatic heterocycles. The van der Waals surface area contributed by atoms with Gasteiger partial charge >= 0.3 is 0 Å². The second kappa shape index (κ2) is 11.4. The predicted octanol–water partition coefficient (Wildman–Crippen LogP) is 10.8. The maximum absolute atomic E-state index is 15.0. The molecule has 0 atom stereocenters. The van der Waals surface area contributed by atoms with E-state index in [0.717, 1.165) is 82.7 Å². The molecule has 0 amide bonds. The fourth-order valence-corrected chi connectivity index (χ4v) is 8.19. The first kappa shape index (κ1) is 29.4. The lowest BCUT2D eigenvalue weighted by molar-refractivity contribution is 1.01. The molecule has 0 bridgehead atoms. The van der Waals surface area contributed by atoms with Crippen LogP contribution in [0.1, 0.15) is 0 Å². The van der Waals surface area contributed by atoms with Crippen molar-refractivity contribution in [2.24, 2.45) is 0 Å². The minimum absolute atomic E-state index is 0.0574. The van der Waals surface area contributed by atoms with Gasteiger partial charge in [0.1, 0.15) is 0 Å². The molecule has 0 aliphatic heterocycles. The molecule has 248 valence electrons. The highest BCUT2D eigenvalue weighted by Crippen LogP contribution is 2.41. The maximum atomic E-state index is 15.0. The van der Waals surface area contributed by atoms with Crippen molar-refractivity contribution in [3.8, 4) is 28.6 Å². The Morgan fingerprint density at radius 3 is 1.66 bits per heavy atom. The molecule has 0 spiro atoms. The van der Waals surface area contributed by atoms with Gasteiger partial charge in [-0.2, -0.15) is 0 Å². The van der Waals surface area contributed by atoms with Gasteiger partial charge in [0.05, 0.1) is 44.2 Å². The van der Waals surface area contributed by atoms with Crippen LogP contribution in [0.15, 0.2) is 181 Å². The summed E-state index contributed by atoms with van der Waals surface area (Å²) in [5.74, 6) is 0.590. The van der Waals surface area contributed by atoms with Gasteiger partial charge in [0.15, 0.2) is 0 Å². The van der Waals surface area contributed by atoms with Gasteiger partial charge in [-0.1, -0.05) is 121 Å². The third-order valence-corrected chi connectivity index (χ3v) is 10.4. The Labute approximate surface area is 303 Å². The molecule has 0 saturated carbocycles. The average molecular weight is 680 g/mol. The van der Waals surface area contributed by atoms with Gasteiger partial charge in [-0.15, -0.1) is 0 Å². The van der Waals surface area contributed by atoms with Gasteiger partial charge in [0.25, 0.3) is 5.56 Å². The summed E-state index contributed by atoms with van der Waals surface area (Å²) in [6.07, 6.45) is 0. The van der Waals surface area contributed by atoms with Crippen molar-refractivity contribution < 1.29 is 0 Å². The molecule has 0 N–H and O–H groups in total. The lowest BCUT2D eigenvalue weighted by Gasteiger charge is -2.14. The summed E-state index contributed by atoms with van der Waals surface area (Å²) < 4.78 is 6.28. The van der Waals surface area contributed by atoms with Crippen LogP contribution in [0.25, 0.3) is 94.0 Å². The van der Waals surface area contributed by atoms with Crippen molar-refractivity contribution >= 4 is 65.4 Å². The molecule has 0 fully saturated rings. The minimum atomic E-state index is -0.0574. The van der Waals surface area contributed by atoms with Crippen LogP contribution in [-0.4, -0.2) is 23.7 Å². The van der Waals surface area contributed by atoms with Crippen molar-refractivity contribution in [1.82, 2.24) is 23.7 Å². The van der Waals surface area contributed by atoms with Gasteiger partial charge in [-0.05, 0) is 54.6 Å². The zero-order valence-electron chi connectivity index (χ0n) is 28.4. The summed E-state index contributed by atoms with van der Waals surface area (Å²) in [6.45, 7) is 0. The first-order valence-electron chi connectivity index (χ1n) is 17.7. The van der Waals surface area contributed by atoms with Gasteiger partial charge < -0.3 is 4.57 Å². The van der Waals surface area contributed by atoms with Crippen LogP contribution in [0.4, 0.5) is 0 Å². The van der Waals surface area contributed by atoms with Crippen molar-refractivity contribution in [2.45, 2.75) is 0 Å². The fourth-order valence-electron chi connectivity index (χ4n) is 8.19. The Hall–Kier alpha value is -7.31. The van der Waals surface area contributed by atoms with E-state index in [4.69, 9.17) is 9.97 Å². The molecule has 4 heterocycles. The lowest BCUT2D eigenvalue weighted by atomic mass is 10.1. The Kier molecular flexibility index (Phi) is 6.30. The molecule has 7 aromatic carbocycles. The Morgan fingerprint density at radius 1 is 0.396 bits per heavy atom. The molecule has 0 unspecified atom stereocenters. The second-order valence-corrected chi connectivity index (χ2v) is 13.4. The predicted molar refractivity (Wildman–Crippen MR) is 217 cm³/mol. The van der Waals surface area contributed by atoms with Crippen molar-refractivity contribution in [3.63, 3.8) is 0 Å². The van der Waals surface area contributed by atoms with Crippen molar-refractivity contribution in [1.29, 1.82) is 0 Å². The molecule has 0 aliphatic carbocycles. The Morgan fingerprint density at radius 2 is 0.943 bits per heavy atom. The number of aromatic nitrogens is 5. The summed E-state index contributed by atoms with van der Waals surface area (Å²) >= 11 is 0. The lowest BCUT2D eigenvalue weighted by Crippen LogP contribution is -2.19. The molecule has 0 aliphatic rings. The summed E-state index contributed by atoms with van der Waals surface area (Å²) in [4.78, 5) is 25.6. The molecular weight excluding hydrogens is 651 g/mol. The van der Waals surface area contributed by atoms with E-state index in [1.54, 1.807) is 0 Å². The number of rotatable bonds is 4. The summed E-state index contributed by atoms with van der Waals surface area (Å²) in [7, 11) is 0. The monoisotopic (exact) mass is 679 g/mol. The van der Waals surface area contributed by atoms with Gasteiger partial charge in [0.2, 0.25) is 5.95 Å². The topological polar surface area (TPSA) is 57.6 Å². The number of para-hydroxylation sites is 5. The van der Waals surface area contributed by atoms with Crippen LogP contribution in [-0.2, 0) is 0 Å². The van der Waals surface area contributed by atoms with E-state index in [9.17, 15) is 0 Å². The van der Waals surface area contributed by atoms with E-state index < -0.39 is 0 Å². The third kappa shape index (κ3) is 4.30. The summed E-state index contributed by atoms with van der Waals surface area (Å²) in [5, 5.41) is 5.65. The number of nitrogens with zero attached hydrogens (tertiary/aromatic N) is 5. The van der Waals surface area contributed by atoms with Gasteiger partial charge in [-0.3, -0.25) is 13.9 Å². The van der Waals surface area contributed by atoms with E-state index in [1.807, 2.05) is 102 Å². The molecule has 11 rings (SSSR count). The van der Waals surface area contributed by atoms with Gasteiger partial charge in [-0.25, -0.2) is 9.97 Å². The number of fused-ring (bicyclic) bond motifs is 9. The molecule has 11 aromatic rings. The maximum Gasteiger partial charge on any atom is 0.265 e. The SMILES string of the molecule is O=c1c2c3cc4c5ccccc5n(-c5nc(-c6ccccc6)c6ccccc6n5)c4cc3n(-c3ccccc3)c2c2ccccc2n1-c1ccccc1. The smallest absolute Gasteiger partial charge is 0.265 e. The number of benzene rings is 7. The largest absolute Gasteiger partial charge is 0.308 e. The van der Waals surface area contributed by atoms with E-state index in [2.05, 4.69) is 88.0 Å².